The lowest BCUT2D eigenvalue weighted by Gasteiger charge is -2.14. The van der Waals surface area contributed by atoms with Gasteiger partial charge in [0.25, 0.3) is 5.91 Å². The van der Waals surface area contributed by atoms with Crippen LogP contribution in [0.3, 0.4) is 0 Å². The summed E-state index contributed by atoms with van der Waals surface area (Å²) in [4.78, 5) is 25.5. The Balaban J connectivity index is 1.52. The molecule has 1 heterocycles. The number of carbonyl (C=O) groups excluding carboxylic acids is 2. The number of ether oxygens (including phenoxy) is 2. The SMILES string of the molecule is CCOc1ccc(NC(=O)CSc2nnc(CNC(=O)c3cc(Cl)ccc3Cl)n2-c2ccccc2OC)cc1. The van der Waals surface area contributed by atoms with Crippen LogP contribution in [-0.4, -0.2) is 46.0 Å². The summed E-state index contributed by atoms with van der Waals surface area (Å²) in [6.45, 7) is 2.51. The number of carbonyl (C=O) groups is 2. The lowest BCUT2D eigenvalue weighted by Crippen LogP contribution is -2.25. The third-order valence-electron chi connectivity index (χ3n) is 5.39. The molecule has 0 unspecified atom stereocenters. The zero-order valence-electron chi connectivity index (χ0n) is 21.1. The second-order valence-corrected chi connectivity index (χ2v) is 9.79. The van der Waals surface area contributed by atoms with E-state index in [2.05, 4.69) is 20.8 Å². The van der Waals surface area contributed by atoms with E-state index in [0.29, 0.717) is 39.7 Å². The van der Waals surface area contributed by atoms with Crippen molar-refractivity contribution in [1.29, 1.82) is 0 Å². The lowest BCUT2D eigenvalue weighted by molar-refractivity contribution is -0.113. The van der Waals surface area contributed by atoms with Crippen LogP contribution in [0.4, 0.5) is 5.69 Å². The van der Waals surface area contributed by atoms with Gasteiger partial charge in [-0.1, -0.05) is 47.1 Å². The highest BCUT2D eigenvalue weighted by Crippen LogP contribution is 2.29. The van der Waals surface area contributed by atoms with E-state index in [1.54, 1.807) is 54.1 Å². The molecule has 0 fully saturated rings. The Bertz CT molecular complexity index is 1460. The molecule has 0 saturated carbocycles. The first-order valence-electron chi connectivity index (χ1n) is 11.9. The maximum atomic E-state index is 12.8. The zero-order chi connectivity index (χ0) is 27.8. The fourth-order valence-corrected chi connectivity index (χ4v) is 4.76. The van der Waals surface area contributed by atoms with E-state index in [1.165, 1.54) is 17.8 Å². The van der Waals surface area contributed by atoms with E-state index in [-0.39, 0.29) is 28.8 Å². The minimum absolute atomic E-state index is 0.0334. The molecular formula is C27H25Cl2N5O4S. The molecule has 4 aromatic rings. The van der Waals surface area contributed by atoms with Gasteiger partial charge < -0.3 is 20.1 Å². The molecule has 0 aliphatic rings. The molecule has 4 rings (SSSR count). The van der Waals surface area contributed by atoms with Gasteiger partial charge in [0.1, 0.15) is 11.5 Å². The van der Waals surface area contributed by atoms with E-state index in [0.717, 1.165) is 5.75 Å². The Kier molecular flexibility index (Phi) is 9.69. The molecule has 3 aromatic carbocycles. The van der Waals surface area contributed by atoms with Crippen molar-refractivity contribution in [2.24, 2.45) is 0 Å². The summed E-state index contributed by atoms with van der Waals surface area (Å²) >= 11 is 13.4. The second-order valence-electron chi connectivity index (χ2n) is 8.01. The Labute approximate surface area is 239 Å². The van der Waals surface area contributed by atoms with Crippen LogP contribution >= 0.6 is 35.0 Å². The van der Waals surface area contributed by atoms with Gasteiger partial charge in [-0.25, -0.2) is 0 Å². The Morgan fingerprint density at radius 1 is 1.03 bits per heavy atom. The van der Waals surface area contributed by atoms with Crippen LogP contribution in [0, 0.1) is 0 Å². The average Bonchev–Trinajstić information content (AvgIpc) is 3.35. The summed E-state index contributed by atoms with van der Waals surface area (Å²) in [5.74, 6) is 1.17. The maximum Gasteiger partial charge on any atom is 0.253 e. The van der Waals surface area contributed by atoms with Gasteiger partial charge in [-0.15, -0.1) is 10.2 Å². The first kappa shape index (κ1) is 28.3. The van der Waals surface area contributed by atoms with Crippen molar-refractivity contribution in [3.63, 3.8) is 0 Å². The third kappa shape index (κ3) is 7.23. The Morgan fingerprint density at radius 3 is 2.54 bits per heavy atom. The molecule has 0 aliphatic heterocycles. The standard InChI is InChI=1S/C27H25Cl2N5O4S/c1-3-38-19-11-9-18(10-12-19)31-25(35)16-39-27-33-32-24(34(27)22-6-4-5-7-23(22)37-2)15-30-26(36)20-14-17(28)8-13-21(20)29/h4-14H,3,15-16H2,1-2H3,(H,30,36)(H,31,35). The lowest BCUT2D eigenvalue weighted by atomic mass is 10.2. The van der Waals surface area contributed by atoms with E-state index < -0.39 is 5.91 Å². The molecule has 1 aromatic heterocycles. The van der Waals surface area contributed by atoms with Crippen molar-refractivity contribution in [2.75, 3.05) is 24.8 Å². The van der Waals surface area contributed by atoms with Gasteiger partial charge in [-0.3, -0.25) is 14.2 Å². The summed E-state index contributed by atoms with van der Waals surface area (Å²) in [5, 5.41) is 15.4. The molecule has 9 nitrogen and oxygen atoms in total. The number of para-hydroxylation sites is 2. The van der Waals surface area contributed by atoms with E-state index in [4.69, 9.17) is 32.7 Å². The molecule has 2 N–H and O–H groups in total. The monoisotopic (exact) mass is 585 g/mol. The number of amides is 2. The third-order valence-corrected chi connectivity index (χ3v) is 6.88. The predicted octanol–water partition coefficient (Wildman–Crippen LogP) is 5.64. The molecule has 2 amide bonds. The number of nitrogens with zero attached hydrogens (tertiary/aromatic N) is 3. The molecule has 202 valence electrons. The number of benzene rings is 3. The molecule has 0 radical (unpaired) electrons. The van der Waals surface area contributed by atoms with E-state index in [1.807, 2.05) is 25.1 Å². The number of thioether (sulfide) groups is 1. The van der Waals surface area contributed by atoms with Crippen molar-refractivity contribution in [3.8, 4) is 17.2 Å². The second kappa shape index (κ2) is 13.4. The topological polar surface area (TPSA) is 107 Å². The van der Waals surface area contributed by atoms with Gasteiger partial charge in [-0.2, -0.15) is 0 Å². The average molecular weight is 587 g/mol. The van der Waals surface area contributed by atoms with Crippen LogP contribution in [0.5, 0.6) is 11.5 Å². The van der Waals surface area contributed by atoms with Gasteiger partial charge in [0.2, 0.25) is 5.91 Å². The Hall–Kier alpha value is -3.73. The van der Waals surface area contributed by atoms with Crippen LogP contribution in [0.25, 0.3) is 5.69 Å². The predicted molar refractivity (Wildman–Crippen MR) is 153 cm³/mol. The largest absolute Gasteiger partial charge is 0.495 e. The molecule has 39 heavy (non-hydrogen) atoms. The number of hydrogen-bond donors (Lipinski definition) is 2. The fourth-order valence-electron chi connectivity index (χ4n) is 3.62. The number of rotatable bonds is 11. The van der Waals surface area contributed by atoms with Gasteiger partial charge in [0.15, 0.2) is 11.0 Å². The number of methoxy groups -OCH3 is 1. The van der Waals surface area contributed by atoms with Crippen molar-refractivity contribution in [1.82, 2.24) is 20.1 Å². The minimum atomic E-state index is -0.416. The summed E-state index contributed by atoms with van der Waals surface area (Å²) in [6, 6.07) is 19.1. The smallest absolute Gasteiger partial charge is 0.253 e. The Morgan fingerprint density at radius 2 is 1.79 bits per heavy atom. The van der Waals surface area contributed by atoms with Crippen LogP contribution < -0.4 is 20.1 Å². The molecule has 0 spiro atoms. The fraction of sp³-hybridized carbons (Fsp3) is 0.185. The van der Waals surface area contributed by atoms with Crippen LogP contribution in [-0.2, 0) is 11.3 Å². The maximum absolute atomic E-state index is 12.8. The first-order valence-corrected chi connectivity index (χ1v) is 13.6. The van der Waals surface area contributed by atoms with Crippen molar-refractivity contribution in [3.05, 3.63) is 88.2 Å². The number of halogens is 2. The van der Waals surface area contributed by atoms with Crippen LogP contribution in [0.15, 0.2) is 71.9 Å². The van der Waals surface area contributed by atoms with Crippen molar-refractivity contribution >= 4 is 52.5 Å². The molecule has 12 heteroatoms. The van der Waals surface area contributed by atoms with Gasteiger partial charge >= 0.3 is 0 Å². The summed E-state index contributed by atoms with van der Waals surface area (Å²) in [5.41, 5.74) is 1.55. The number of nitrogens with one attached hydrogen (secondary N) is 2. The number of hydrogen-bond acceptors (Lipinski definition) is 7. The van der Waals surface area contributed by atoms with Crippen LogP contribution in [0.1, 0.15) is 23.1 Å². The molecule has 0 saturated heterocycles. The zero-order valence-corrected chi connectivity index (χ0v) is 23.4. The van der Waals surface area contributed by atoms with Gasteiger partial charge in [0.05, 0.1) is 42.3 Å². The highest BCUT2D eigenvalue weighted by molar-refractivity contribution is 7.99. The minimum Gasteiger partial charge on any atom is -0.495 e. The molecule has 0 aliphatic carbocycles. The van der Waals surface area contributed by atoms with Crippen LogP contribution in [0.2, 0.25) is 10.0 Å². The quantitative estimate of drug-likeness (QED) is 0.219. The first-order chi connectivity index (χ1) is 18.9. The summed E-state index contributed by atoms with van der Waals surface area (Å²) in [7, 11) is 1.56. The molecule has 0 atom stereocenters. The highest BCUT2D eigenvalue weighted by atomic mass is 35.5. The normalized spacial score (nSPS) is 10.7. The number of anilines is 1. The highest BCUT2D eigenvalue weighted by Gasteiger charge is 2.20. The summed E-state index contributed by atoms with van der Waals surface area (Å²) in [6.07, 6.45) is 0. The van der Waals surface area contributed by atoms with E-state index in [9.17, 15) is 9.59 Å². The van der Waals surface area contributed by atoms with Crippen molar-refractivity contribution in [2.45, 2.75) is 18.6 Å². The number of aromatic nitrogens is 3. The summed E-state index contributed by atoms with van der Waals surface area (Å²) < 4.78 is 12.7. The van der Waals surface area contributed by atoms with Gasteiger partial charge in [0, 0.05) is 10.7 Å². The molecular weight excluding hydrogens is 561 g/mol. The van der Waals surface area contributed by atoms with E-state index >= 15 is 0 Å². The van der Waals surface area contributed by atoms with Crippen molar-refractivity contribution < 1.29 is 19.1 Å². The molecule has 0 bridgehead atoms. The van der Waals surface area contributed by atoms with Gasteiger partial charge in [-0.05, 0) is 61.5 Å².